The first-order valence-electron chi connectivity index (χ1n) is 7.81. The van der Waals surface area contributed by atoms with Crippen LogP contribution in [0.5, 0.6) is 0 Å². The fourth-order valence-corrected chi connectivity index (χ4v) is 4.10. The van der Waals surface area contributed by atoms with Crippen molar-refractivity contribution < 1.29 is 14.3 Å². The van der Waals surface area contributed by atoms with Gasteiger partial charge in [0.2, 0.25) is 0 Å². The summed E-state index contributed by atoms with van der Waals surface area (Å²) in [6.07, 6.45) is 4.92. The van der Waals surface area contributed by atoms with Crippen LogP contribution in [0.3, 0.4) is 0 Å². The molecule has 2 aromatic rings. The van der Waals surface area contributed by atoms with Crippen LogP contribution in [0.15, 0.2) is 30.2 Å². The third kappa shape index (κ3) is 2.06. The summed E-state index contributed by atoms with van der Waals surface area (Å²) in [7, 11) is 0. The Kier molecular flexibility index (Phi) is 3.20. The molecule has 0 bridgehead atoms. The van der Waals surface area contributed by atoms with E-state index in [1.54, 1.807) is 6.92 Å². The van der Waals surface area contributed by atoms with Crippen LogP contribution >= 0.6 is 11.6 Å². The number of aromatic nitrogens is 3. The van der Waals surface area contributed by atoms with Gasteiger partial charge in [-0.15, -0.1) is 0 Å². The predicted molar refractivity (Wildman–Crippen MR) is 88.8 cm³/mol. The van der Waals surface area contributed by atoms with Gasteiger partial charge in [-0.3, -0.25) is 4.79 Å². The molecule has 0 unspecified atom stereocenters. The number of hydrogen-bond donors (Lipinski definition) is 0. The summed E-state index contributed by atoms with van der Waals surface area (Å²) in [5.74, 6) is -0.780. The second kappa shape index (κ2) is 4.88. The van der Waals surface area contributed by atoms with Crippen LogP contribution in [-0.2, 0) is 14.3 Å². The number of fused-ring (bicyclic) bond motifs is 2. The second-order valence-electron chi connectivity index (χ2n) is 6.90. The van der Waals surface area contributed by atoms with Crippen LogP contribution in [0, 0.1) is 0 Å². The summed E-state index contributed by atoms with van der Waals surface area (Å²) < 4.78 is 14.2. The lowest BCUT2D eigenvalue weighted by atomic mass is 9.93. The molecular formula is C17H18ClN3O3. The van der Waals surface area contributed by atoms with Crippen molar-refractivity contribution in [2.75, 3.05) is 0 Å². The van der Waals surface area contributed by atoms with Gasteiger partial charge in [0.1, 0.15) is 28.8 Å². The van der Waals surface area contributed by atoms with Gasteiger partial charge in [0.05, 0.1) is 11.4 Å². The molecule has 24 heavy (non-hydrogen) atoms. The van der Waals surface area contributed by atoms with Crippen LogP contribution in [-0.4, -0.2) is 37.8 Å². The van der Waals surface area contributed by atoms with Crippen molar-refractivity contribution in [1.29, 1.82) is 0 Å². The van der Waals surface area contributed by atoms with Gasteiger partial charge in [-0.1, -0.05) is 11.6 Å². The lowest BCUT2D eigenvalue weighted by Gasteiger charge is -2.27. The largest absolute Gasteiger partial charge is 0.341 e. The molecule has 6 nitrogen and oxygen atoms in total. The molecule has 0 aromatic carbocycles. The maximum absolute atomic E-state index is 12.2. The Morgan fingerprint density at radius 1 is 1.33 bits per heavy atom. The van der Waals surface area contributed by atoms with E-state index in [1.165, 1.54) is 6.33 Å². The Balaban J connectivity index is 1.88. The molecule has 4 rings (SSSR count). The highest BCUT2D eigenvalue weighted by Gasteiger charge is 2.59. The third-order valence-corrected chi connectivity index (χ3v) is 5.06. The number of carbonyl (C=O) groups excluding carboxylic acids is 1. The number of nitrogens with zero attached hydrogens (tertiary/aromatic N) is 3. The molecule has 126 valence electrons. The first-order chi connectivity index (χ1) is 11.2. The molecule has 1 saturated heterocycles. The minimum Gasteiger partial charge on any atom is -0.341 e. The number of halogens is 1. The maximum atomic E-state index is 12.2. The molecule has 2 aliphatic rings. The van der Waals surface area contributed by atoms with Crippen molar-refractivity contribution in [1.82, 2.24) is 14.5 Å². The normalized spacial score (nSPS) is 31.3. The Bertz CT molecular complexity index is 888. The van der Waals surface area contributed by atoms with E-state index in [0.29, 0.717) is 16.4 Å². The second-order valence-corrected chi connectivity index (χ2v) is 7.26. The number of Topliss-reactive ketones (excluding diaryl/α,β-unsaturated/α-hetero) is 1. The van der Waals surface area contributed by atoms with Gasteiger partial charge in [-0.2, -0.15) is 0 Å². The highest BCUT2D eigenvalue weighted by Crippen LogP contribution is 2.51. The molecular weight excluding hydrogens is 330 g/mol. The van der Waals surface area contributed by atoms with E-state index in [9.17, 15) is 4.79 Å². The van der Waals surface area contributed by atoms with Gasteiger partial charge in [0.15, 0.2) is 11.6 Å². The first kappa shape index (κ1) is 15.7. The predicted octanol–water partition coefficient (Wildman–Crippen LogP) is 3.07. The molecule has 0 radical (unpaired) electrons. The summed E-state index contributed by atoms with van der Waals surface area (Å²) in [6.45, 7) is 7.18. The van der Waals surface area contributed by atoms with Crippen molar-refractivity contribution in [3.63, 3.8) is 0 Å². The van der Waals surface area contributed by atoms with E-state index in [0.717, 1.165) is 5.39 Å². The summed E-state index contributed by atoms with van der Waals surface area (Å²) in [4.78, 5) is 20.5. The standard InChI is InChI=1S/C17H18ClN3O3/c1-9(22)11-7-12(13-17(11,4)24-16(2,3)23-13)21-6-5-10-14(18)19-8-20-15(10)21/h5-8,12-13H,1-4H3/t12-,13+,17-/m1/s1. The van der Waals surface area contributed by atoms with Crippen molar-refractivity contribution in [2.45, 2.75) is 51.2 Å². The number of hydrogen-bond acceptors (Lipinski definition) is 5. The lowest BCUT2D eigenvalue weighted by Crippen LogP contribution is -2.39. The van der Waals surface area contributed by atoms with Crippen molar-refractivity contribution in [3.05, 3.63) is 35.4 Å². The zero-order chi connectivity index (χ0) is 17.3. The molecule has 0 N–H and O–H groups in total. The molecule has 0 amide bonds. The van der Waals surface area contributed by atoms with Gasteiger partial charge in [-0.25, -0.2) is 9.97 Å². The molecule has 3 heterocycles. The molecule has 2 aromatic heterocycles. The van der Waals surface area contributed by atoms with E-state index in [1.807, 2.05) is 43.7 Å². The van der Waals surface area contributed by atoms with Gasteiger partial charge in [0.25, 0.3) is 0 Å². The Morgan fingerprint density at radius 3 is 2.79 bits per heavy atom. The van der Waals surface area contributed by atoms with Crippen molar-refractivity contribution in [3.8, 4) is 0 Å². The smallest absolute Gasteiger partial charge is 0.164 e. The van der Waals surface area contributed by atoms with Gasteiger partial charge >= 0.3 is 0 Å². The summed E-state index contributed by atoms with van der Waals surface area (Å²) in [6, 6.07) is 1.66. The topological polar surface area (TPSA) is 66.2 Å². The summed E-state index contributed by atoms with van der Waals surface area (Å²) >= 11 is 6.15. The quantitative estimate of drug-likeness (QED) is 0.781. The highest BCUT2D eigenvalue weighted by molar-refractivity contribution is 6.33. The Morgan fingerprint density at radius 2 is 2.08 bits per heavy atom. The van der Waals surface area contributed by atoms with Crippen molar-refractivity contribution >= 4 is 28.4 Å². The van der Waals surface area contributed by atoms with E-state index < -0.39 is 11.4 Å². The Hall–Kier alpha value is -1.76. The van der Waals surface area contributed by atoms with E-state index >= 15 is 0 Å². The fourth-order valence-electron chi connectivity index (χ4n) is 3.91. The van der Waals surface area contributed by atoms with Gasteiger partial charge in [0, 0.05) is 11.8 Å². The van der Waals surface area contributed by atoms with E-state index in [-0.39, 0.29) is 17.9 Å². The lowest BCUT2D eigenvalue weighted by molar-refractivity contribution is -0.158. The highest BCUT2D eigenvalue weighted by atomic mass is 35.5. The minimum absolute atomic E-state index is 0.0181. The van der Waals surface area contributed by atoms with Crippen LogP contribution in [0.25, 0.3) is 11.0 Å². The minimum atomic E-state index is -0.784. The maximum Gasteiger partial charge on any atom is 0.164 e. The number of ketones is 1. The van der Waals surface area contributed by atoms with Crippen molar-refractivity contribution in [2.24, 2.45) is 0 Å². The molecule has 1 aliphatic heterocycles. The molecule has 3 atom stereocenters. The van der Waals surface area contributed by atoms with Gasteiger partial charge < -0.3 is 14.0 Å². The molecule has 7 heteroatoms. The SMILES string of the molecule is CC(=O)C1=C[C@@H](n2ccc3c(Cl)ncnc32)[C@@H]2OC(C)(C)O[C@]12C. The zero-order valence-corrected chi connectivity index (χ0v) is 14.7. The molecule has 0 spiro atoms. The van der Waals surface area contributed by atoms with Crippen LogP contribution < -0.4 is 0 Å². The van der Waals surface area contributed by atoms with Gasteiger partial charge in [-0.05, 0) is 39.8 Å². The fraction of sp³-hybridized carbons (Fsp3) is 0.471. The van der Waals surface area contributed by atoms with Crippen LogP contribution in [0.1, 0.15) is 33.7 Å². The average Bonchev–Trinajstić information content (AvgIpc) is 3.07. The third-order valence-electron chi connectivity index (χ3n) is 4.76. The van der Waals surface area contributed by atoms with Crippen LogP contribution in [0.4, 0.5) is 0 Å². The summed E-state index contributed by atoms with van der Waals surface area (Å²) in [5, 5.41) is 1.17. The molecule has 1 aliphatic carbocycles. The molecule has 1 fully saturated rings. The average molecular weight is 348 g/mol. The monoisotopic (exact) mass is 347 g/mol. The van der Waals surface area contributed by atoms with Crippen LogP contribution in [0.2, 0.25) is 5.15 Å². The van der Waals surface area contributed by atoms with E-state index in [4.69, 9.17) is 21.1 Å². The molecule has 0 saturated carbocycles. The Labute approximate surface area is 144 Å². The first-order valence-corrected chi connectivity index (χ1v) is 8.19. The zero-order valence-electron chi connectivity index (χ0n) is 13.9. The summed E-state index contributed by atoms with van der Waals surface area (Å²) in [5.41, 5.74) is 0.551. The number of carbonyl (C=O) groups is 1. The number of ether oxygens (including phenoxy) is 2. The number of rotatable bonds is 2. The van der Waals surface area contributed by atoms with E-state index in [2.05, 4.69) is 9.97 Å².